The highest BCUT2D eigenvalue weighted by atomic mass is 79.9. The summed E-state index contributed by atoms with van der Waals surface area (Å²) in [5.41, 5.74) is 7.63. The molecule has 0 saturated carbocycles. The van der Waals surface area contributed by atoms with Gasteiger partial charge in [-0.3, -0.25) is 0 Å². The fourth-order valence-corrected chi connectivity index (χ4v) is 1.40. The second-order valence-corrected chi connectivity index (χ2v) is 3.81. The first-order chi connectivity index (χ1) is 6.24. The highest BCUT2D eigenvalue weighted by Gasteiger charge is 1.98. The zero-order valence-electron chi connectivity index (χ0n) is 7.72. The molecule has 1 aromatic carbocycles. The summed E-state index contributed by atoms with van der Waals surface area (Å²) in [6.45, 7) is 3.48. The molecule has 1 rings (SSSR count). The van der Waals surface area contributed by atoms with Crippen LogP contribution in [0.2, 0.25) is 0 Å². The van der Waals surface area contributed by atoms with Gasteiger partial charge in [-0.1, -0.05) is 28.9 Å². The number of rotatable bonds is 4. The van der Waals surface area contributed by atoms with E-state index in [4.69, 9.17) is 10.5 Å². The van der Waals surface area contributed by atoms with Crippen LogP contribution in [-0.4, -0.2) is 6.61 Å². The van der Waals surface area contributed by atoms with Gasteiger partial charge in [-0.15, -0.1) is 0 Å². The fourth-order valence-electron chi connectivity index (χ4n) is 1.02. The Morgan fingerprint density at radius 2 is 2.23 bits per heavy atom. The van der Waals surface area contributed by atoms with E-state index in [0.717, 1.165) is 28.8 Å². The molecule has 2 N–H and O–H groups in total. The summed E-state index contributed by atoms with van der Waals surface area (Å²) in [5.74, 6) is 0. The summed E-state index contributed by atoms with van der Waals surface area (Å²) in [6.07, 6.45) is 1.04. The first-order valence-corrected chi connectivity index (χ1v) is 5.15. The van der Waals surface area contributed by atoms with Gasteiger partial charge in [0.2, 0.25) is 0 Å². The van der Waals surface area contributed by atoms with Gasteiger partial charge in [0.1, 0.15) is 0 Å². The van der Waals surface area contributed by atoms with E-state index in [1.54, 1.807) is 0 Å². The van der Waals surface area contributed by atoms with Crippen LogP contribution in [0.3, 0.4) is 0 Å². The van der Waals surface area contributed by atoms with Gasteiger partial charge in [0.05, 0.1) is 6.61 Å². The average molecular weight is 244 g/mol. The zero-order chi connectivity index (χ0) is 9.68. The van der Waals surface area contributed by atoms with Crippen molar-refractivity contribution in [3.05, 3.63) is 28.2 Å². The Morgan fingerprint density at radius 3 is 2.85 bits per heavy atom. The minimum Gasteiger partial charge on any atom is -0.398 e. The van der Waals surface area contributed by atoms with Crippen molar-refractivity contribution in [1.82, 2.24) is 0 Å². The Labute approximate surface area is 87.2 Å². The smallest absolute Gasteiger partial charge is 0.0736 e. The number of halogens is 1. The maximum Gasteiger partial charge on any atom is 0.0736 e. The molecule has 72 valence electrons. The third-order valence-corrected chi connectivity index (χ3v) is 2.21. The third kappa shape index (κ3) is 3.36. The van der Waals surface area contributed by atoms with Crippen LogP contribution in [0.5, 0.6) is 0 Å². The number of benzene rings is 1. The number of nitrogen functional groups attached to an aromatic ring is 1. The topological polar surface area (TPSA) is 35.2 Å². The Bertz CT molecular complexity index is 276. The number of hydrogen-bond acceptors (Lipinski definition) is 2. The molecule has 0 bridgehead atoms. The maximum atomic E-state index is 5.79. The van der Waals surface area contributed by atoms with Crippen LogP contribution in [-0.2, 0) is 11.3 Å². The van der Waals surface area contributed by atoms with Crippen molar-refractivity contribution in [1.29, 1.82) is 0 Å². The molecule has 3 heteroatoms. The zero-order valence-corrected chi connectivity index (χ0v) is 9.30. The first kappa shape index (κ1) is 10.5. The van der Waals surface area contributed by atoms with E-state index in [1.807, 2.05) is 18.2 Å². The number of nitrogens with two attached hydrogens (primary N) is 1. The van der Waals surface area contributed by atoms with Crippen LogP contribution in [0.1, 0.15) is 18.9 Å². The lowest BCUT2D eigenvalue weighted by molar-refractivity contribution is 0.122. The fraction of sp³-hybridized carbons (Fsp3) is 0.400. The number of hydrogen-bond donors (Lipinski definition) is 1. The predicted molar refractivity (Wildman–Crippen MR) is 58.5 cm³/mol. The van der Waals surface area contributed by atoms with E-state index >= 15 is 0 Å². The Kier molecular flexibility index (Phi) is 4.25. The van der Waals surface area contributed by atoms with Gasteiger partial charge in [0, 0.05) is 22.3 Å². The Hall–Kier alpha value is -0.540. The van der Waals surface area contributed by atoms with Gasteiger partial charge in [0.25, 0.3) is 0 Å². The molecular weight excluding hydrogens is 230 g/mol. The van der Waals surface area contributed by atoms with Crippen molar-refractivity contribution in [3.8, 4) is 0 Å². The first-order valence-electron chi connectivity index (χ1n) is 4.35. The summed E-state index contributed by atoms with van der Waals surface area (Å²) in [5, 5.41) is 0. The molecule has 0 amide bonds. The molecule has 0 saturated heterocycles. The molecule has 1 aromatic rings. The molecule has 0 unspecified atom stereocenters. The van der Waals surface area contributed by atoms with Crippen LogP contribution in [0, 0.1) is 0 Å². The van der Waals surface area contributed by atoms with Crippen molar-refractivity contribution in [2.45, 2.75) is 20.0 Å². The second kappa shape index (κ2) is 5.25. The molecular formula is C10H14BrNO. The van der Waals surface area contributed by atoms with E-state index in [0.29, 0.717) is 6.61 Å². The number of anilines is 1. The second-order valence-electron chi connectivity index (χ2n) is 2.90. The summed E-state index contributed by atoms with van der Waals surface area (Å²) in [7, 11) is 0. The third-order valence-electron chi connectivity index (χ3n) is 1.71. The maximum absolute atomic E-state index is 5.79. The molecule has 0 aliphatic rings. The van der Waals surface area contributed by atoms with Gasteiger partial charge in [-0.25, -0.2) is 0 Å². The molecule has 0 spiro atoms. The lowest BCUT2D eigenvalue weighted by Crippen LogP contribution is -1.98. The minimum absolute atomic E-state index is 0.604. The van der Waals surface area contributed by atoms with Gasteiger partial charge < -0.3 is 10.5 Å². The van der Waals surface area contributed by atoms with Gasteiger partial charge in [-0.2, -0.15) is 0 Å². The van der Waals surface area contributed by atoms with Gasteiger partial charge in [0.15, 0.2) is 0 Å². The monoisotopic (exact) mass is 243 g/mol. The van der Waals surface area contributed by atoms with Crippen LogP contribution >= 0.6 is 15.9 Å². The van der Waals surface area contributed by atoms with Gasteiger partial charge in [-0.05, 0) is 18.6 Å². The standard InChI is InChI=1S/C10H14BrNO/c1-2-5-13-7-8-3-4-9(11)6-10(8)12/h3-4,6H,2,5,7,12H2,1H3. The quantitative estimate of drug-likeness (QED) is 0.652. The minimum atomic E-state index is 0.604. The molecule has 0 aliphatic heterocycles. The molecule has 0 radical (unpaired) electrons. The van der Waals surface area contributed by atoms with Crippen molar-refractivity contribution < 1.29 is 4.74 Å². The van der Waals surface area contributed by atoms with Crippen molar-refractivity contribution in [3.63, 3.8) is 0 Å². The van der Waals surface area contributed by atoms with Crippen LogP contribution < -0.4 is 5.73 Å². The predicted octanol–water partition coefficient (Wildman–Crippen LogP) is 2.96. The van der Waals surface area contributed by atoms with E-state index < -0.39 is 0 Å². The lowest BCUT2D eigenvalue weighted by atomic mass is 10.2. The molecule has 0 atom stereocenters. The summed E-state index contributed by atoms with van der Waals surface area (Å²) < 4.78 is 6.40. The SMILES string of the molecule is CCCOCc1ccc(Br)cc1N. The summed E-state index contributed by atoms with van der Waals surface area (Å²) in [4.78, 5) is 0. The molecule has 2 nitrogen and oxygen atoms in total. The molecule has 0 aromatic heterocycles. The van der Waals surface area contributed by atoms with Crippen molar-refractivity contribution in [2.24, 2.45) is 0 Å². The number of ether oxygens (including phenoxy) is 1. The van der Waals surface area contributed by atoms with E-state index in [1.165, 1.54) is 0 Å². The van der Waals surface area contributed by atoms with Crippen molar-refractivity contribution in [2.75, 3.05) is 12.3 Å². The largest absolute Gasteiger partial charge is 0.398 e. The van der Waals surface area contributed by atoms with Crippen molar-refractivity contribution >= 4 is 21.6 Å². The lowest BCUT2D eigenvalue weighted by Gasteiger charge is -2.06. The molecule has 13 heavy (non-hydrogen) atoms. The summed E-state index contributed by atoms with van der Waals surface area (Å²) >= 11 is 3.36. The normalized spacial score (nSPS) is 10.3. The Morgan fingerprint density at radius 1 is 1.46 bits per heavy atom. The van der Waals surface area contributed by atoms with E-state index in [9.17, 15) is 0 Å². The van der Waals surface area contributed by atoms with Crippen LogP contribution in [0.15, 0.2) is 22.7 Å². The van der Waals surface area contributed by atoms with Crippen LogP contribution in [0.4, 0.5) is 5.69 Å². The highest BCUT2D eigenvalue weighted by Crippen LogP contribution is 2.19. The average Bonchev–Trinajstić information content (AvgIpc) is 2.09. The molecule has 0 aliphatic carbocycles. The highest BCUT2D eigenvalue weighted by molar-refractivity contribution is 9.10. The molecule has 0 fully saturated rings. The Balaban J connectivity index is 2.56. The van der Waals surface area contributed by atoms with E-state index in [2.05, 4.69) is 22.9 Å². The van der Waals surface area contributed by atoms with E-state index in [-0.39, 0.29) is 0 Å². The van der Waals surface area contributed by atoms with Crippen LogP contribution in [0.25, 0.3) is 0 Å². The van der Waals surface area contributed by atoms with Gasteiger partial charge >= 0.3 is 0 Å². The summed E-state index contributed by atoms with van der Waals surface area (Å²) in [6, 6.07) is 5.85. The molecule has 0 heterocycles.